The zero-order valence-electron chi connectivity index (χ0n) is 15.2. The summed E-state index contributed by atoms with van der Waals surface area (Å²) in [6.45, 7) is 1.80. The second-order valence-electron chi connectivity index (χ2n) is 6.62. The van der Waals surface area contributed by atoms with Crippen LogP contribution in [0.4, 0.5) is 11.4 Å². The van der Waals surface area contributed by atoms with Gasteiger partial charge in [0, 0.05) is 34.4 Å². The molecule has 4 rings (SSSR count). The Bertz CT molecular complexity index is 1200. The van der Waals surface area contributed by atoms with Gasteiger partial charge in [0.1, 0.15) is 0 Å². The highest BCUT2D eigenvalue weighted by Crippen LogP contribution is 2.44. The Labute approximate surface area is 168 Å². The van der Waals surface area contributed by atoms with Crippen molar-refractivity contribution < 1.29 is 13.2 Å². The van der Waals surface area contributed by atoms with Gasteiger partial charge in [0.25, 0.3) is 15.9 Å². The van der Waals surface area contributed by atoms with Crippen molar-refractivity contribution in [3.05, 3.63) is 76.8 Å². The van der Waals surface area contributed by atoms with Crippen LogP contribution >= 0.6 is 11.6 Å². The number of carbonyl (C=O) groups excluding carboxylic acids is 1. The monoisotopic (exact) mass is 412 g/mol. The molecule has 0 bridgehead atoms. The molecule has 0 aromatic heterocycles. The van der Waals surface area contributed by atoms with Crippen LogP contribution in [0.2, 0.25) is 5.02 Å². The summed E-state index contributed by atoms with van der Waals surface area (Å²) in [5, 5.41) is 3.43. The zero-order chi connectivity index (χ0) is 20.1. The lowest BCUT2D eigenvalue weighted by Crippen LogP contribution is -2.31. The molecule has 1 aliphatic rings. The Hall–Kier alpha value is -2.83. The maximum Gasteiger partial charge on any atom is 0.264 e. The summed E-state index contributed by atoms with van der Waals surface area (Å²) in [5.41, 5.74) is 3.69. The number of sulfonamides is 1. The number of amides is 1. The third-order valence-electron chi connectivity index (χ3n) is 4.80. The highest BCUT2D eigenvalue weighted by atomic mass is 35.5. The van der Waals surface area contributed by atoms with Gasteiger partial charge in [-0.3, -0.25) is 9.10 Å². The highest BCUT2D eigenvalue weighted by Gasteiger charge is 2.33. The quantitative estimate of drug-likeness (QED) is 0.663. The standard InChI is InChI=1S/C21H17ClN2O3S/c1-13-11-14(21(25)23-16-9-7-15(22)8-10-16)12-18-17-5-3-4-6-19(17)28(26,27)24(2)20(13)18/h3-12H,1-2H3,(H,23,25). The van der Waals surface area contributed by atoms with Gasteiger partial charge in [0.15, 0.2) is 0 Å². The lowest BCUT2D eigenvalue weighted by Gasteiger charge is -2.31. The Morgan fingerprint density at radius 1 is 1.00 bits per heavy atom. The minimum Gasteiger partial charge on any atom is -0.322 e. The summed E-state index contributed by atoms with van der Waals surface area (Å²) >= 11 is 5.88. The van der Waals surface area contributed by atoms with Crippen LogP contribution in [0.1, 0.15) is 15.9 Å². The van der Waals surface area contributed by atoms with Gasteiger partial charge < -0.3 is 5.32 Å². The Kier molecular flexibility index (Phi) is 4.40. The largest absolute Gasteiger partial charge is 0.322 e. The van der Waals surface area contributed by atoms with E-state index in [0.29, 0.717) is 38.7 Å². The van der Waals surface area contributed by atoms with Gasteiger partial charge in [-0.2, -0.15) is 0 Å². The summed E-state index contributed by atoms with van der Waals surface area (Å²) in [4.78, 5) is 13.0. The minimum atomic E-state index is -3.62. The van der Waals surface area contributed by atoms with E-state index >= 15 is 0 Å². The number of benzene rings is 3. The number of aryl methyl sites for hydroxylation is 1. The summed E-state index contributed by atoms with van der Waals surface area (Å²) in [6.07, 6.45) is 0. The molecule has 0 fully saturated rings. The lowest BCUT2D eigenvalue weighted by molar-refractivity contribution is 0.102. The van der Waals surface area contributed by atoms with Crippen molar-refractivity contribution in [2.75, 3.05) is 16.7 Å². The molecule has 1 aliphatic heterocycles. The molecule has 5 nitrogen and oxygen atoms in total. The molecule has 0 saturated carbocycles. The number of rotatable bonds is 2. The van der Waals surface area contributed by atoms with Crippen molar-refractivity contribution in [2.24, 2.45) is 0 Å². The number of halogens is 1. The van der Waals surface area contributed by atoms with Crippen LogP contribution in [-0.4, -0.2) is 21.4 Å². The smallest absolute Gasteiger partial charge is 0.264 e. The second kappa shape index (κ2) is 6.65. The van der Waals surface area contributed by atoms with E-state index < -0.39 is 10.0 Å². The molecule has 0 radical (unpaired) electrons. The van der Waals surface area contributed by atoms with Gasteiger partial charge in [-0.15, -0.1) is 0 Å². The molecular weight excluding hydrogens is 396 g/mol. The van der Waals surface area contributed by atoms with Crippen molar-refractivity contribution in [3.63, 3.8) is 0 Å². The van der Waals surface area contributed by atoms with Gasteiger partial charge in [-0.25, -0.2) is 8.42 Å². The van der Waals surface area contributed by atoms with Gasteiger partial charge in [-0.05, 0) is 55.0 Å². The van der Waals surface area contributed by atoms with Crippen molar-refractivity contribution >= 4 is 38.9 Å². The maximum atomic E-state index is 12.8. The van der Waals surface area contributed by atoms with Crippen LogP contribution in [0, 0.1) is 6.92 Å². The molecule has 0 spiro atoms. The second-order valence-corrected chi connectivity index (χ2v) is 8.99. The molecule has 1 N–H and O–H groups in total. The van der Waals surface area contributed by atoms with Gasteiger partial charge in [-0.1, -0.05) is 29.8 Å². The molecule has 0 atom stereocenters. The summed E-state index contributed by atoms with van der Waals surface area (Å²) in [5.74, 6) is -0.276. The molecule has 0 saturated heterocycles. The first kappa shape index (κ1) is 18.5. The van der Waals surface area contributed by atoms with Crippen molar-refractivity contribution in [2.45, 2.75) is 11.8 Å². The predicted molar refractivity (Wildman–Crippen MR) is 112 cm³/mol. The van der Waals surface area contributed by atoms with Gasteiger partial charge >= 0.3 is 0 Å². The van der Waals surface area contributed by atoms with E-state index in [9.17, 15) is 13.2 Å². The van der Waals surface area contributed by atoms with E-state index in [-0.39, 0.29) is 10.8 Å². The van der Waals surface area contributed by atoms with Crippen LogP contribution in [-0.2, 0) is 10.0 Å². The first-order valence-corrected chi connectivity index (χ1v) is 10.4. The van der Waals surface area contributed by atoms with E-state index in [0.717, 1.165) is 0 Å². The van der Waals surface area contributed by atoms with Crippen molar-refractivity contribution in [1.82, 2.24) is 0 Å². The topological polar surface area (TPSA) is 66.5 Å². The number of hydrogen-bond donors (Lipinski definition) is 1. The summed E-state index contributed by atoms with van der Waals surface area (Å²) in [7, 11) is -2.09. The third kappa shape index (κ3) is 2.95. The number of carbonyl (C=O) groups is 1. The SMILES string of the molecule is Cc1cc(C(=O)Nc2ccc(Cl)cc2)cc2c1N(C)S(=O)(=O)c1ccccc1-2. The number of fused-ring (bicyclic) bond motifs is 3. The molecule has 28 heavy (non-hydrogen) atoms. The number of hydrogen-bond acceptors (Lipinski definition) is 3. The first-order valence-electron chi connectivity index (χ1n) is 8.59. The first-order chi connectivity index (χ1) is 13.3. The molecule has 0 unspecified atom stereocenters. The minimum absolute atomic E-state index is 0.236. The fourth-order valence-electron chi connectivity index (χ4n) is 3.45. The summed E-state index contributed by atoms with van der Waals surface area (Å²) < 4.78 is 27.0. The van der Waals surface area contributed by atoms with Crippen LogP contribution in [0.3, 0.4) is 0 Å². The Morgan fingerprint density at radius 3 is 2.39 bits per heavy atom. The van der Waals surface area contributed by atoms with E-state index in [4.69, 9.17) is 11.6 Å². The highest BCUT2D eigenvalue weighted by molar-refractivity contribution is 7.93. The van der Waals surface area contributed by atoms with Crippen molar-refractivity contribution in [3.8, 4) is 11.1 Å². The van der Waals surface area contributed by atoms with Gasteiger partial charge in [0.05, 0.1) is 10.6 Å². The van der Waals surface area contributed by atoms with Crippen LogP contribution in [0.15, 0.2) is 65.6 Å². The molecule has 3 aromatic carbocycles. The fourth-order valence-corrected chi connectivity index (χ4v) is 5.06. The van der Waals surface area contributed by atoms with E-state index in [1.807, 2.05) is 0 Å². The molecular formula is C21H17ClN2O3S. The molecule has 1 amide bonds. The van der Waals surface area contributed by atoms with Crippen LogP contribution in [0.5, 0.6) is 0 Å². The normalized spacial score (nSPS) is 14.2. The van der Waals surface area contributed by atoms with E-state index in [1.54, 1.807) is 67.6 Å². The average molecular weight is 413 g/mol. The molecule has 0 aliphatic carbocycles. The number of nitrogens with one attached hydrogen (secondary N) is 1. The maximum absolute atomic E-state index is 12.8. The molecule has 1 heterocycles. The number of nitrogens with zero attached hydrogens (tertiary/aromatic N) is 1. The number of anilines is 2. The molecule has 7 heteroatoms. The van der Waals surface area contributed by atoms with Gasteiger partial charge in [0.2, 0.25) is 0 Å². The Balaban J connectivity index is 1.82. The average Bonchev–Trinajstić information content (AvgIpc) is 2.67. The summed E-state index contributed by atoms with van der Waals surface area (Å²) in [6, 6.07) is 17.1. The van der Waals surface area contributed by atoms with E-state index in [1.165, 1.54) is 11.4 Å². The van der Waals surface area contributed by atoms with Crippen LogP contribution in [0.25, 0.3) is 11.1 Å². The van der Waals surface area contributed by atoms with Crippen molar-refractivity contribution in [1.29, 1.82) is 0 Å². The molecule has 3 aromatic rings. The van der Waals surface area contributed by atoms with E-state index in [2.05, 4.69) is 5.32 Å². The Morgan fingerprint density at radius 2 is 1.68 bits per heavy atom. The third-order valence-corrected chi connectivity index (χ3v) is 6.86. The van der Waals surface area contributed by atoms with Crippen LogP contribution < -0.4 is 9.62 Å². The predicted octanol–water partition coefficient (Wildman–Crippen LogP) is 4.71. The lowest BCUT2D eigenvalue weighted by atomic mass is 9.96. The fraction of sp³-hybridized carbons (Fsp3) is 0.0952. The molecule has 142 valence electrons. The zero-order valence-corrected chi connectivity index (χ0v) is 16.8.